The Balaban J connectivity index is 1.91. The summed E-state index contributed by atoms with van der Waals surface area (Å²) < 4.78 is 39.2. The molecule has 0 bridgehead atoms. The molecule has 136 valence electrons. The van der Waals surface area contributed by atoms with Crippen molar-refractivity contribution in [1.29, 1.82) is 5.26 Å². The fourth-order valence-corrected chi connectivity index (χ4v) is 2.74. The van der Waals surface area contributed by atoms with Crippen LogP contribution < -0.4 is 9.47 Å². The minimum absolute atomic E-state index is 0.125. The normalized spacial score (nSPS) is 10.3. The molecule has 0 saturated carbocycles. The molecule has 3 aromatic rings. The van der Waals surface area contributed by atoms with E-state index in [1.807, 2.05) is 36.4 Å². The Morgan fingerprint density at radius 2 is 1.67 bits per heavy atom. The number of ether oxygens (including phenoxy) is 2. The highest BCUT2D eigenvalue weighted by molar-refractivity contribution is 5.46. The summed E-state index contributed by atoms with van der Waals surface area (Å²) in [5.74, 6) is -0.685. The van der Waals surface area contributed by atoms with E-state index in [9.17, 15) is 8.78 Å². The highest BCUT2D eigenvalue weighted by Gasteiger charge is 2.15. The highest BCUT2D eigenvalue weighted by Crippen LogP contribution is 2.29. The van der Waals surface area contributed by atoms with Gasteiger partial charge in [0.2, 0.25) is 0 Å². The van der Waals surface area contributed by atoms with E-state index in [2.05, 4.69) is 0 Å². The first-order chi connectivity index (χ1) is 13.1. The second-order valence-electron chi connectivity index (χ2n) is 5.97. The lowest BCUT2D eigenvalue weighted by Crippen LogP contribution is -2.03. The molecule has 0 aliphatic heterocycles. The number of halogens is 2. The fraction of sp³-hybridized carbons (Fsp3) is 0.136. The number of nitriles is 1. The molecule has 3 rings (SSSR count). The van der Waals surface area contributed by atoms with Gasteiger partial charge in [-0.2, -0.15) is 5.26 Å². The van der Waals surface area contributed by atoms with Gasteiger partial charge in [-0.3, -0.25) is 0 Å². The lowest BCUT2D eigenvalue weighted by atomic mass is 10.0. The Labute approximate surface area is 156 Å². The number of hydrogen-bond acceptors (Lipinski definition) is 3. The lowest BCUT2D eigenvalue weighted by molar-refractivity contribution is 0.301. The second-order valence-corrected chi connectivity index (χ2v) is 5.97. The average molecular weight is 365 g/mol. The SMILES string of the molecule is COc1ccc(Cc2c(F)cc(C#N)cc2OCc2ccccc2)cc1F. The van der Waals surface area contributed by atoms with Crippen LogP contribution in [-0.4, -0.2) is 7.11 Å². The third-order valence-corrected chi connectivity index (χ3v) is 4.12. The van der Waals surface area contributed by atoms with E-state index in [0.717, 1.165) is 11.6 Å². The van der Waals surface area contributed by atoms with Crippen LogP contribution >= 0.6 is 0 Å². The average Bonchev–Trinajstić information content (AvgIpc) is 2.69. The summed E-state index contributed by atoms with van der Waals surface area (Å²) in [4.78, 5) is 0. The molecule has 0 saturated heterocycles. The number of rotatable bonds is 6. The van der Waals surface area contributed by atoms with Gasteiger partial charge in [-0.05, 0) is 35.4 Å². The molecule has 0 unspecified atom stereocenters. The third kappa shape index (κ3) is 4.42. The smallest absolute Gasteiger partial charge is 0.165 e. The summed E-state index contributed by atoms with van der Waals surface area (Å²) >= 11 is 0. The van der Waals surface area contributed by atoms with Gasteiger partial charge in [-0.15, -0.1) is 0 Å². The minimum Gasteiger partial charge on any atom is -0.494 e. The molecule has 0 amide bonds. The van der Waals surface area contributed by atoms with Crippen molar-refractivity contribution in [3.8, 4) is 17.6 Å². The lowest BCUT2D eigenvalue weighted by Gasteiger charge is -2.14. The van der Waals surface area contributed by atoms with E-state index in [1.54, 1.807) is 6.07 Å². The van der Waals surface area contributed by atoms with Gasteiger partial charge in [-0.25, -0.2) is 8.78 Å². The van der Waals surface area contributed by atoms with Crippen molar-refractivity contribution in [2.24, 2.45) is 0 Å². The van der Waals surface area contributed by atoms with Gasteiger partial charge in [0.25, 0.3) is 0 Å². The van der Waals surface area contributed by atoms with Crippen LogP contribution in [0.25, 0.3) is 0 Å². The standard InChI is InChI=1S/C22H17F2NO2/c1-26-21-8-7-16(10-20(21)24)9-18-19(23)11-17(13-25)12-22(18)27-14-15-5-3-2-4-6-15/h2-8,10-12H,9,14H2,1H3. The Morgan fingerprint density at radius 3 is 2.33 bits per heavy atom. The van der Waals surface area contributed by atoms with Gasteiger partial charge in [0.15, 0.2) is 11.6 Å². The first-order valence-electron chi connectivity index (χ1n) is 8.32. The molecule has 0 aromatic heterocycles. The molecule has 0 fully saturated rings. The number of nitrogens with zero attached hydrogens (tertiary/aromatic N) is 1. The molecule has 5 heteroatoms. The zero-order chi connectivity index (χ0) is 19.2. The van der Waals surface area contributed by atoms with Gasteiger partial charge in [0.05, 0.1) is 18.7 Å². The molecule has 0 spiro atoms. The largest absolute Gasteiger partial charge is 0.494 e. The number of benzene rings is 3. The van der Waals surface area contributed by atoms with Crippen molar-refractivity contribution in [3.05, 3.63) is 94.6 Å². The van der Waals surface area contributed by atoms with E-state index < -0.39 is 11.6 Å². The van der Waals surface area contributed by atoms with Crippen molar-refractivity contribution in [2.45, 2.75) is 13.0 Å². The van der Waals surface area contributed by atoms with Gasteiger partial charge in [-0.1, -0.05) is 36.4 Å². The molecule has 3 aromatic carbocycles. The molecule has 0 aliphatic carbocycles. The molecule has 0 atom stereocenters. The molecule has 27 heavy (non-hydrogen) atoms. The Morgan fingerprint density at radius 1 is 0.889 bits per heavy atom. The monoisotopic (exact) mass is 365 g/mol. The van der Waals surface area contributed by atoms with Crippen LogP contribution in [0.4, 0.5) is 8.78 Å². The predicted molar refractivity (Wildman–Crippen MR) is 97.6 cm³/mol. The van der Waals surface area contributed by atoms with E-state index >= 15 is 0 Å². The molecular weight excluding hydrogens is 348 g/mol. The first kappa shape index (κ1) is 18.4. The topological polar surface area (TPSA) is 42.2 Å². The van der Waals surface area contributed by atoms with Crippen molar-refractivity contribution in [2.75, 3.05) is 7.11 Å². The van der Waals surface area contributed by atoms with Crippen molar-refractivity contribution < 1.29 is 18.3 Å². The fourth-order valence-electron chi connectivity index (χ4n) is 2.74. The second kappa shape index (κ2) is 8.33. The van der Waals surface area contributed by atoms with E-state index in [-0.39, 0.29) is 35.7 Å². The van der Waals surface area contributed by atoms with Gasteiger partial charge < -0.3 is 9.47 Å². The van der Waals surface area contributed by atoms with E-state index in [4.69, 9.17) is 14.7 Å². The molecule has 0 heterocycles. The van der Waals surface area contributed by atoms with Crippen molar-refractivity contribution in [3.63, 3.8) is 0 Å². The van der Waals surface area contributed by atoms with Crippen LogP contribution in [-0.2, 0) is 13.0 Å². The number of methoxy groups -OCH3 is 1. The van der Waals surface area contributed by atoms with Crippen LogP contribution in [0.15, 0.2) is 60.7 Å². The Hall–Kier alpha value is -3.39. The van der Waals surface area contributed by atoms with Crippen LogP contribution in [0.3, 0.4) is 0 Å². The summed E-state index contributed by atoms with van der Waals surface area (Å²) in [6, 6.07) is 18.5. The van der Waals surface area contributed by atoms with Crippen LogP contribution in [0.5, 0.6) is 11.5 Å². The molecule has 3 nitrogen and oxygen atoms in total. The van der Waals surface area contributed by atoms with Gasteiger partial charge >= 0.3 is 0 Å². The molecule has 0 radical (unpaired) electrons. The summed E-state index contributed by atoms with van der Waals surface area (Å²) in [7, 11) is 1.38. The minimum atomic E-state index is -0.562. The quantitative estimate of drug-likeness (QED) is 0.616. The van der Waals surface area contributed by atoms with Gasteiger partial charge in [0.1, 0.15) is 18.2 Å². The van der Waals surface area contributed by atoms with Gasteiger partial charge in [0, 0.05) is 12.0 Å². The third-order valence-electron chi connectivity index (χ3n) is 4.12. The Bertz CT molecular complexity index is 982. The maximum Gasteiger partial charge on any atom is 0.165 e. The van der Waals surface area contributed by atoms with Crippen LogP contribution in [0.2, 0.25) is 0 Å². The maximum absolute atomic E-state index is 14.6. The zero-order valence-electron chi connectivity index (χ0n) is 14.7. The van der Waals surface area contributed by atoms with Crippen LogP contribution in [0.1, 0.15) is 22.3 Å². The molecule has 0 aliphatic rings. The molecule has 0 N–H and O–H groups in total. The summed E-state index contributed by atoms with van der Waals surface area (Å²) in [6.07, 6.45) is 0.128. The predicted octanol–water partition coefficient (Wildman–Crippen LogP) is 5.01. The highest BCUT2D eigenvalue weighted by atomic mass is 19.1. The first-order valence-corrected chi connectivity index (χ1v) is 8.32. The van der Waals surface area contributed by atoms with Crippen molar-refractivity contribution in [1.82, 2.24) is 0 Å². The van der Waals surface area contributed by atoms with E-state index in [1.165, 1.54) is 25.3 Å². The summed E-state index contributed by atoms with van der Waals surface area (Å²) in [5.41, 5.74) is 1.93. The maximum atomic E-state index is 14.6. The van der Waals surface area contributed by atoms with Crippen LogP contribution in [0, 0.1) is 23.0 Å². The molecular formula is C22H17F2NO2. The zero-order valence-corrected chi connectivity index (χ0v) is 14.7. The number of hydrogen-bond donors (Lipinski definition) is 0. The Kier molecular flexibility index (Phi) is 5.68. The summed E-state index contributed by atoms with van der Waals surface area (Å²) in [6.45, 7) is 0.235. The van der Waals surface area contributed by atoms with Crippen molar-refractivity contribution >= 4 is 0 Å². The van der Waals surface area contributed by atoms with E-state index in [0.29, 0.717) is 5.56 Å². The summed E-state index contributed by atoms with van der Waals surface area (Å²) in [5, 5.41) is 9.11.